The smallest absolute Gasteiger partial charge is 0.226 e. The van der Waals surface area contributed by atoms with Crippen molar-refractivity contribution in [3.8, 4) is 0 Å². The first-order chi connectivity index (χ1) is 10.2. The molecular weight excluding hydrogens is 270 g/mol. The molecule has 2 rings (SSSR count). The molecule has 2 aromatic heterocycles. The number of nitrogens with one attached hydrogen (secondary N) is 4. The van der Waals surface area contributed by atoms with Crippen LogP contribution in [-0.2, 0) is 4.79 Å². The number of H-pyrrole nitrogens is 1. The maximum absolute atomic E-state index is 11.6. The molecule has 0 fully saturated rings. The molecular formula is C13H21N7O. The van der Waals surface area contributed by atoms with Crippen molar-refractivity contribution in [2.75, 3.05) is 30.3 Å². The molecule has 0 aliphatic carbocycles. The summed E-state index contributed by atoms with van der Waals surface area (Å²) in [4.78, 5) is 27.4. The quantitative estimate of drug-likeness (QED) is 0.580. The normalized spacial score (nSPS) is 10.6. The zero-order chi connectivity index (χ0) is 15.1. The lowest BCUT2D eigenvalue weighted by atomic mass is 10.3. The second kappa shape index (κ2) is 7.41. The number of fused-ring (bicyclic) bond motifs is 1. The first kappa shape index (κ1) is 15.0. The third-order valence-electron chi connectivity index (χ3n) is 2.84. The molecule has 21 heavy (non-hydrogen) atoms. The van der Waals surface area contributed by atoms with Crippen LogP contribution in [0.5, 0.6) is 0 Å². The number of hydrogen-bond donors (Lipinski definition) is 4. The summed E-state index contributed by atoms with van der Waals surface area (Å²) in [5.74, 6) is 1.21. The molecule has 0 aliphatic heterocycles. The number of carbonyl (C=O) groups is 1. The molecule has 114 valence electrons. The van der Waals surface area contributed by atoms with Gasteiger partial charge < -0.3 is 20.9 Å². The number of aromatic amines is 1. The Morgan fingerprint density at radius 1 is 1.24 bits per heavy atom. The van der Waals surface area contributed by atoms with Gasteiger partial charge in [0.15, 0.2) is 11.5 Å². The topological polar surface area (TPSA) is 108 Å². The molecule has 0 saturated carbocycles. The number of aromatic nitrogens is 4. The molecule has 2 aromatic rings. The summed E-state index contributed by atoms with van der Waals surface area (Å²) in [5.41, 5.74) is 1.34. The van der Waals surface area contributed by atoms with Crippen LogP contribution >= 0.6 is 0 Å². The molecule has 0 aromatic carbocycles. The highest BCUT2D eigenvalue weighted by Crippen LogP contribution is 2.18. The van der Waals surface area contributed by atoms with Gasteiger partial charge in [0.05, 0.1) is 6.33 Å². The van der Waals surface area contributed by atoms with E-state index in [2.05, 4.69) is 35.9 Å². The summed E-state index contributed by atoms with van der Waals surface area (Å²) < 4.78 is 0. The van der Waals surface area contributed by atoms with Crippen molar-refractivity contribution < 1.29 is 4.79 Å². The number of nitrogens with zero attached hydrogens (tertiary/aromatic N) is 3. The van der Waals surface area contributed by atoms with Gasteiger partial charge in [-0.3, -0.25) is 4.79 Å². The molecule has 1 amide bonds. The third kappa shape index (κ3) is 4.04. The van der Waals surface area contributed by atoms with E-state index >= 15 is 0 Å². The number of carbonyl (C=O) groups excluding carboxylic acids is 1. The Balaban J connectivity index is 2.00. The van der Waals surface area contributed by atoms with Gasteiger partial charge in [-0.15, -0.1) is 0 Å². The van der Waals surface area contributed by atoms with Gasteiger partial charge in [-0.25, -0.2) is 4.98 Å². The number of imidazole rings is 1. The Morgan fingerprint density at radius 2 is 2.10 bits per heavy atom. The molecule has 8 nitrogen and oxygen atoms in total. The van der Waals surface area contributed by atoms with Crippen LogP contribution in [0, 0.1) is 0 Å². The van der Waals surface area contributed by atoms with Crippen LogP contribution in [0.3, 0.4) is 0 Å². The Morgan fingerprint density at radius 3 is 2.86 bits per heavy atom. The zero-order valence-electron chi connectivity index (χ0n) is 12.4. The highest BCUT2D eigenvalue weighted by Gasteiger charge is 2.09. The highest BCUT2D eigenvalue weighted by atomic mass is 16.1. The second-order valence-electron chi connectivity index (χ2n) is 4.55. The van der Waals surface area contributed by atoms with E-state index in [0.29, 0.717) is 36.9 Å². The van der Waals surface area contributed by atoms with Crippen LogP contribution in [-0.4, -0.2) is 45.5 Å². The molecule has 4 N–H and O–H groups in total. The molecule has 2 heterocycles. The SMILES string of the molecule is CCCNC(=O)CCNc1nc(NCC)nc2nc[nH]c12. The van der Waals surface area contributed by atoms with Crippen LogP contribution in [0.2, 0.25) is 0 Å². The van der Waals surface area contributed by atoms with Gasteiger partial charge in [0.1, 0.15) is 5.52 Å². The van der Waals surface area contributed by atoms with Crippen LogP contribution in [0.4, 0.5) is 11.8 Å². The summed E-state index contributed by atoms with van der Waals surface area (Å²) in [6.07, 6.45) is 2.91. The van der Waals surface area contributed by atoms with E-state index in [9.17, 15) is 4.79 Å². The van der Waals surface area contributed by atoms with Crippen molar-refractivity contribution in [3.05, 3.63) is 6.33 Å². The minimum Gasteiger partial charge on any atom is -0.368 e. The van der Waals surface area contributed by atoms with Crippen molar-refractivity contribution >= 4 is 28.8 Å². The van der Waals surface area contributed by atoms with Gasteiger partial charge in [-0.2, -0.15) is 9.97 Å². The lowest BCUT2D eigenvalue weighted by Crippen LogP contribution is -2.26. The van der Waals surface area contributed by atoms with Crippen LogP contribution in [0.25, 0.3) is 11.2 Å². The van der Waals surface area contributed by atoms with E-state index in [1.807, 2.05) is 13.8 Å². The van der Waals surface area contributed by atoms with Crippen molar-refractivity contribution in [2.45, 2.75) is 26.7 Å². The third-order valence-corrected chi connectivity index (χ3v) is 2.84. The van der Waals surface area contributed by atoms with Crippen LogP contribution < -0.4 is 16.0 Å². The van der Waals surface area contributed by atoms with Crippen LogP contribution in [0.1, 0.15) is 26.7 Å². The van der Waals surface area contributed by atoms with E-state index in [1.165, 1.54) is 0 Å². The monoisotopic (exact) mass is 291 g/mol. The van der Waals surface area contributed by atoms with Gasteiger partial charge in [-0.1, -0.05) is 6.92 Å². The van der Waals surface area contributed by atoms with Crippen molar-refractivity contribution in [2.24, 2.45) is 0 Å². The van der Waals surface area contributed by atoms with Gasteiger partial charge >= 0.3 is 0 Å². The number of hydrogen-bond acceptors (Lipinski definition) is 6. The van der Waals surface area contributed by atoms with Crippen LogP contribution in [0.15, 0.2) is 6.33 Å². The molecule has 0 saturated heterocycles. The predicted molar refractivity (Wildman–Crippen MR) is 82.3 cm³/mol. The van der Waals surface area contributed by atoms with E-state index in [0.717, 1.165) is 18.5 Å². The van der Waals surface area contributed by atoms with E-state index < -0.39 is 0 Å². The Labute approximate surface area is 123 Å². The molecule has 0 spiro atoms. The number of rotatable bonds is 8. The molecule has 0 atom stereocenters. The highest BCUT2D eigenvalue weighted by molar-refractivity contribution is 5.84. The molecule has 8 heteroatoms. The predicted octanol–water partition coefficient (Wildman–Crippen LogP) is 1.11. The van der Waals surface area contributed by atoms with E-state index in [4.69, 9.17) is 0 Å². The van der Waals surface area contributed by atoms with E-state index in [-0.39, 0.29) is 5.91 Å². The second-order valence-corrected chi connectivity index (χ2v) is 4.55. The van der Waals surface area contributed by atoms with Gasteiger partial charge in [-0.05, 0) is 13.3 Å². The van der Waals surface area contributed by atoms with Crippen molar-refractivity contribution in [1.82, 2.24) is 25.3 Å². The standard InChI is InChI=1S/C13H21N7O/c1-3-6-15-9(21)5-7-16-11-10-12(18-8-17-10)20-13(19-11)14-4-2/h8H,3-7H2,1-2H3,(H,15,21)(H3,14,16,17,18,19,20). The number of anilines is 2. The maximum Gasteiger partial charge on any atom is 0.226 e. The maximum atomic E-state index is 11.6. The lowest BCUT2D eigenvalue weighted by Gasteiger charge is -2.09. The molecule has 0 unspecified atom stereocenters. The summed E-state index contributed by atoms with van der Waals surface area (Å²) in [7, 11) is 0. The fourth-order valence-corrected chi connectivity index (χ4v) is 1.85. The molecule has 0 aliphatic rings. The van der Waals surface area contributed by atoms with Crippen molar-refractivity contribution in [3.63, 3.8) is 0 Å². The molecule has 0 bridgehead atoms. The zero-order valence-corrected chi connectivity index (χ0v) is 12.4. The Hall–Kier alpha value is -2.38. The Kier molecular flexibility index (Phi) is 5.30. The first-order valence-corrected chi connectivity index (χ1v) is 7.20. The lowest BCUT2D eigenvalue weighted by molar-refractivity contribution is -0.120. The van der Waals surface area contributed by atoms with Crippen molar-refractivity contribution in [1.29, 1.82) is 0 Å². The number of amides is 1. The summed E-state index contributed by atoms with van der Waals surface area (Å²) in [6, 6.07) is 0. The van der Waals surface area contributed by atoms with Gasteiger partial charge in [0.2, 0.25) is 11.9 Å². The minimum absolute atomic E-state index is 0.0335. The largest absolute Gasteiger partial charge is 0.368 e. The summed E-state index contributed by atoms with van der Waals surface area (Å²) >= 11 is 0. The molecule has 0 radical (unpaired) electrons. The Bertz CT molecular complexity index is 595. The fraction of sp³-hybridized carbons (Fsp3) is 0.538. The average Bonchev–Trinajstić information content (AvgIpc) is 2.94. The fourth-order valence-electron chi connectivity index (χ4n) is 1.85. The first-order valence-electron chi connectivity index (χ1n) is 7.20. The average molecular weight is 291 g/mol. The summed E-state index contributed by atoms with van der Waals surface area (Å²) in [6.45, 7) is 5.95. The van der Waals surface area contributed by atoms with Gasteiger partial charge in [0, 0.05) is 26.1 Å². The van der Waals surface area contributed by atoms with Gasteiger partial charge in [0.25, 0.3) is 0 Å². The summed E-state index contributed by atoms with van der Waals surface area (Å²) in [5, 5.41) is 9.06. The minimum atomic E-state index is 0.0335. The van der Waals surface area contributed by atoms with E-state index in [1.54, 1.807) is 6.33 Å².